The highest BCUT2D eigenvalue weighted by molar-refractivity contribution is 7.80. The number of thiol groups is 1. The third-order valence-electron chi connectivity index (χ3n) is 3.73. The highest BCUT2D eigenvalue weighted by atomic mass is 32.1. The third kappa shape index (κ3) is 3.90. The maximum atomic E-state index is 12.2. The van der Waals surface area contributed by atoms with Crippen LogP contribution in [-0.4, -0.2) is 10.9 Å². The molecule has 23 heavy (non-hydrogen) atoms. The molecule has 0 saturated carbocycles. The van der Waals surface area contributed by atoms with Gasteiger partial charge in [-0.1, -0.05) is 30.3 Å². The van der Waals surface area contributed by atoms with Gasteiger partial charge in [-0.25, -0.2) is 0 Å². The molecular weight excluding hydrogens is 304 g/mol. The van der Waals surface area contributed by atoms with Gasteiger partial charge in [-0.05, 0) is 42.7 Å². The van der Waals surface area contributed by atoms with Gasteiger partial charge in [0, 0.05) is 22.9 Å². The van der Waals surface area contributed by atoms with Crippen molar-refractivity contribution in [3.63, 3.8) is 0 Å². The van der Waals surface area contributed by atoms with Crippen molar-refractivity contribution in [2.24, 2.45) is 0 Å². The van der Waals surface area contributed by atoms with Gasteiger partial charge in [0.2, 0.25) is 5.91 Å². The number of carbonyl (C=O) groups is 1. The van der Waals surface area contributed by atoms with Crippen LogP contribution in [0.25, 0.3) is 10.9 Å². The lowest BCUT2D eigenvalue weighted by Crippen LogP contribution is -2.12. The molecule has 0 radical (unpaired) electrons. The minimum absolute atomic E-state index is 0.0259. The summed E-state index contributed by atoms with van der Waals surface area (Å²) in [5.41, 5.74) is 2.85. The van der Waals surface area contributed by atoms with Crippen LogP contribution in [0.3, 0.4) is 0 Å². The Balaban J connectivity index is 1.63. The molecule has 116 valence electrons. The number of hydrogen-bond acceptors (Lipinski definition) is 3. The van der Waals surface area contributed by atoms with E-state index in [-0.39, 0.29) is 5.91 Å². The molecule has 1 N–H and O–H groups in total. The number of aryl methyl sites for hydroxylation is 1. The second-order valence-electron chi connectivity index (χ2n) is 5.42. The average molecular weight is 322 g/mol. The molecular formula is C19H18N2OS. The number of fused-ring (bicyclic) bond motifs is 1. The monoisotopic (exact) mass is 322 g/mol. The lowest BCUT2D eigenvalue weighted by Gasteiger charge is -2.09. The Morgan fingerprint density at radius 3 is 2.70 bits per heavy atom. The van der Waals surface area contributed by atoms with Gasteiger partial charge in [0.05, 0.1) is 11.2 Å². The Bertz CT molecular complexity index is 818. The van der Waals surface area contributed by atoms with E-state index < -0.39 is 0 Å². The van der Waals surface area contributed by atoms with Gasteiger partial charge in [-0.15, -0.1) is 12.6 Å². The van der Waals surface area contributed by atoms with Crippen LogP contribution in [-0.2, 0) is 11.2 Å². The van der Waals surface area contributed by atoms with Crippen molar-refractivity contribution < 1.29 is 4.79 Å². The summed E-state index contributed by atoms with van der Waals surface area (Å²) in [5.74, 6) is 0.0259. The number of anilines is 1. The van der Waals surface area contributed by atoms with Crippen molar-refractivity contribution in [3.8, 4) is 0 Å². The number of nitrogens with zero attached hydrogens (tertiary/aromatic N) is 1. The highest BCUT2D eigenvalue weighted by Gasteiger charge is 2.08. The smallest absolute Gasteiger partial charge is 0.224 e. The van der Waals surface area contributed by atoms with E-state index in [9.17, 15) is 4.79 Å². The molecule has 3 rings (SSSR count). The Morgan fingerprint density at radius 1 is 1.04 bits per heavy atom. The Hall–Kier alpha value is -2.33. The Kier molecular flexibility index (Phi) is 4.93. The van der Waals surface area contributed by atoms with Crippen LogP contribution in [0.4, 0.5) is 5.69 Å². The number of hydrogen-bond donors (Lipinski definition) is 2. The van der Waals surface area contributed by atoms with Crippen molar-refractivity contribution in [2.75, 3.05) is 5.32 Å². The molecule has 0 spiro atoms. The lowest BCUT2D eigenvalue weighted by atomic mass is 10.1. The Morgan fingerprint density at radius 2 is 1.87 bits per heavy atom. The quantitative estimate of drug-likeness (QED) is 0.680. The summed E-state index contributed by atoms with van der Waals surface area (Å²) < 4.78 is 0. The zero-order valence-electron chi connectivity index (χ0n) is 12.7. The van der Waals surface area contributed by atoms with Gasteiger partial charge in [-0.3, -0.25) is 9.78 Å². The molecule has 0 saturated heterocycles. The second kappa shape index (κ2) is 7.29. The maximum Gasteiger partial charge on any atom is 0.224 e. The van der Waals surface area contributed by atoms with E-state index in [1.807, 2.05) is 42.5 Å². The van der Waals surface area contributed by atoms with Crippen molar-refractivity contribution in [1.82, 2.24) is 4.98 Å². The van der Waals surface area contributed by atoms with E-state index >= 15 is 0 Å². The van der Waals surface area contributed by atoms with Crippen molar-refractivity contribution in [1.29, 1.82) is 0 Å². The molecule has 1 heterocycles. The molecule has 0 fully saturated rings. The predicted octanol–water partition coefficient (Wildman–Crippen LogP) is 4.48. The lowest BCUT2D eigenvalue weighted by molar-refractivity contribution is -0.116. The SMILES string of the molecule is O=C(CCCc1ccccc1)Nc1ccc(S)c2ncccc12. The zero-order chi connectivity index (χ0) is 16.1. The third-order valence-corrected chi connectivity index (χ3v) is 4.10. The number of benzene rings is 2. The summed E-state index contributed by atoms with van der Waals surface area (Å²) in [4.78, 5) is 17.3. The number of amides is 1. The number of pyridine rings is 1. The first kappa shape index (κ1) is 15.6. The van der Waals surface area contributed by atoms with Crippen LogP contribution in [0.2, 0.25) is 0 Å². The van der Waals surface area contributed by atoms with Gasteiger partial charge in [0.25, 0.3) is 0 Å². The molecule has 0 aliphatic carbocycles. The van der Waals surface area contributed by atoms with E-state index in [1.165, 1.54) is 5.56 Å². The fraction of sp³-hybridized carbons (Fsp3) is 0.158. The number of aromatic nitrogens is 1. The first-order valence-corrected chi connectivity index (χ1v) is 8.09. The van der Waals surface area contributed by atoms with Crippen molar-refractivity contribution in [2.45, 2.75) is 24.2 Å². The summed E-state index contributed by atoms with van der Waals surface area (Å²) in [5, 5.41) is 3.90. The fourth-order valence-corrected chi connectivity index (χ4v) is 2.83. The van der Waals surface area contributed by atoms with E-state index in [4.69, 9.17) is 0 Å². The number of carbonyl (C=O) groups excluding carboxylic acids is 1. The van der Waals surface area contributed by atoms with Crippen LogP contribution < -0.4 is 5.32 Å². The van der Waals surface area contributed by atoms with E-state index in [1.54, 1.807) is 6.20 Å². The zero-order valence-corrected chi connectivity index (χ0v) is 13.6. The molecule has 0 aliphatic rings. The van der Waals surface area contributed by atoms with Gasteiger partial charge in [-0.2, -0.15) is 0 Å². The first-order valence-electron chi connectivity index (χ1n) is 7.64. The molecule has 0 aliphatic heterocycles. The molecule has 0 atom stereocenters. The molecule has 1 aromatic heterocycles. The van der Waals surface area contributed by atoms with Crippen LogP contribution >= 0.6 is 12.6 Å². The minimum atomic E-state index is 0.0259. The summed E-state index contributed by atoms with van der Waals surface area (Å²) in [7, 11) is 0. The van der Waals surface area contributed by atoms with Crippen LogP contribution in [0.15, 0.2) is 65.7 Å². The van der Waals surface area contributed by atoms with Gasteiger partial charge in [0.15, 0.2) is 0 Å². The summed E-state index contributed by atoms with van der Waals surface area (Å²) in [6, 6.07) is 17.8. The largest absolute Gasteiger partial charge is 0.325 e. The maximum absolute atomic E-state index is 12.2. The molecule has 3 aromatic rings. The molecule has 0 bridgehead atoms. The second-order valence-corrected chi connectivity index (χ2v) is 5.90. The Labute approximate surface area is 141 Å². The minimum Gasteiger partial charge on any atom is -0.325 e. The van der Waals surface area contributed by atoms with Crippen LogP contribution in [0.1, 0.15) is 18.4 Å². The summed E-state index contributed by atoms with van der Waals surface area (Å²) in [6.07, 6.45) is 3.97. The van der Waals surface area contributed by atoms with Gasteiger partial charge in [0.1, 0.15) is 0 Å². The van der Waals surface area contributed by atoms with E-state index in [2.05, 4.69) is 35.1 Å². The molecule has 2 aromatic carbocycles. The standard InChI is InChI=1S/C19H18N2OS/c22-18(10-4-8-14-6-2-1-3-7-14)21-16-11-12-17(23)19-15(16)9-5-13-20-19/h1-3,5-7,9,11-13,23H,4,8,10H2,(H,21,22). The van der Waals surface area contributed by atoms with Gasteiger partial charge < -0.3 is 5.32 Å². The van der Waals surface area contributed by atoms with Crippen molar-refractivity contribution in [3.05, 3.63) is 66.4 Å². The summed E-state index contributed by atoms with van der Waals surface area (Å²) in [6.45, 7) is 0. The molecule has 4 heteroatoms. The van der Waals surface area contributed by atoms with Crippen molar-refractivity contribution >= 4 is 35.1 Å². The molecule has 1 amide bonds. The molecule has 3 nitrogen and oxygen atoms in total. The van der Waals surface area contributed by atoms with Gasteiger partial charge >= 0.3 is 0 Å². The van der Waals surface area contributed by atoms with Crippen LogP contribution in [0, 0.1) is 0 Å². The predicted molar refractivity (Wildman–Crippen MR) is 97.0 cm³/mol. The first-order chi connectivity index (χ1) is 11.2. The van der Waals surface area contributed by atoms with E-state index in [0.717, 1.165) is 34.3 Å². The fourth-order valence-electron chi connectivity index (χ4n) is 2.58. The topological polar surface area (TPSA) is 42.0 Å². The summed E-state index contributed by atoms with van der Waals surface area (Å²) >= 11 is 4.41. The number of rotatable bonds is 5. The van der Waals surface area contributed by atoms with Crippen LogP contribution in [0.5, 0.6) is 0 Å². The molecule has 0 unspecified atom stereocenters. The van der Waals surface area contributed by atoms with E-state index in [0.29, 0.717) is 6.42 Å². The normalized spacial score (nSPS) is 10.7. The highest BCUT2D eigenvalue weighted by Crippen LogP contribution is 2.27. The average Bonchev–Trinajstić information content (AvgIpc) is 2.59. The number of nitrogens with one attached hydrogen (secondary N) is 1.